The van der Waals surface area contributed by atoms with E-state index in [-0.39, 0.29) is 47.7 Å². The fourth-order valence-corrected chi connectivity index (χ4v) is 4.07. The molecule has 0 bridgehead atoms. The van der Waals surface area contributed by atoms with Crippen LogP contribution in [-0.2, 0) is 23.9 Å². The lowest BCUT2D eigenvalue weighted by molar-refractivity contribution is -0.149. The Morgan fingerprint density at radius 2 is 2.00 bits per heavy atom. The van der Waals surface area contributed by atoms with Crippen LogP contribution in [-0.4, -0.2) is 30.4 Å². The molecule has 0 amide bonds. The molecule has 0 aromatic rings. The third-order valence-corrected chi connectivity index (χ3v) is 6.12. The summed E-state index contributed by atoms with van der Waals surface area (Å²) in [6, 6.07) is 0. The average Bonchev–Trinajstić information content (AvgIpc) is 2.62. The third kappa shape index (κ3) is 5.00. The van der Waals surface area contributed by atoms with E-state index in [1.54, 1.807) is 12.2 Å². The number of esters is 2. The molecule has 5 nitrogen and oxygen atoms in total. The van der Waals surface area contributed by atoms with Crippen molar-refractivity contribution >= 4 is 17.7 Å². The molecule has 0 heterocycles. The number of ether oxygens (including phenoxy) is 2. The summed E-state index contributed by atoms with van der Waals surface area (Å²) >= 11 is 0. The van der Waals surface area contributed by atoms with Crippen LogP contribution in [0.4, 0.5) is 0 Å². The molecule has 0 aromatic carbocycles. The van der Waals surface area contributed by atoms with Crippen LogP contribution in [0.2, 0.25) is 0 Å². The number of hydrogen-bond acceptors (Lipinski definition) is 5. The van der Waals surface area contributed by atoms with Crippen molar-refractivity contribution < 1.29 is 23.9 Å². The Balaban J connectivity index is 2.05. The first kappa shape index (κ1) is 22.1. The maximum Gasteiger partial charge on any atom is 0.330 e. The van der Waals surface area contributed by atoms with Gasteiger partial charge in [0.1, 0.15) is 6.10 Å². The van der Waals surface area contributed by atoms with E-state index >= 15 is 0 Å². The quantitative estimate of drug-likeness (QED) is 0.518. The van der Waals surface area contributed by atoms with Crippen molar-refractivity contribution in [3.63, 3.8) is 0 Å². The Labute approximate surface area is 167 Å². The number of allylic oxidation sites excluding steroid dienone is 4. The van der Waals surface area contributed by atoms with E-state index in [1.165, 1.54) is 18.6 Å². The summed E-state index contributed by atoms with van der Waals surface area (Å²) in [5, 5.41) is 0. The molecule has 2 aliphatic carbocycles. The van der Waals surface area contributed by atoms with Gasteiger partial charge >= 0.3 is 11.9 Å². The molecule has 0 N–H and O–H groups in total. The number of hydrogen-bond donors (Lipinski definition) is 0. The zero-order chi connectivity index (χ0) is 21.1. The normalized spacial score (nSPS) is 28.4. The van der Waals surface area contributed by atoms with Crippen molar-refractivity contribution in [1.29, 1.82) is 0 Å². The molecule has 28 heavy (non-hydrogen) atoms. The molecule has 0 spiro atoms. The average molecular weight is 389 g/mol. The number of fused-ring (bicyclic) bond motifs is 1. The topological polar surface area (TPSA) is 69.7 Å². The van der Waals surface area contributed by atoms with E-state index in [4.69, 9.17) is 9.47 Å². The number of rotatable bonds is 5. The van der Waals surface area contributed by atoms with Gasteiger partial charge in [0, 0.05) is 24.8 Å². The summed E-state index contributed by atoms with van der Waals surface area (Å²) < 4.78 is 10.7. The molecule has 4 atom stereocenters. The summed E-state index contributed by atoms with van der Waals surface area (Å²) in [5.41, 5.74) is 2.94. The first-order valence-electron chi connectivity index (χ1n) is 9.98. The smallest absolute Gasteiger partial charge is 0.330 e. The van der Waals surface area contributed by atoms with Gasteiger partial charge in [0.2, 0.25) is 0 Å². The van der Waals surface area contributed by atoms with E-state index in [0.29, 0.717) is 6.42 Å². The second kappa shape index (κ2) is 8.89. The fourth-order valence-electron chi connectivity index (χ4n) is 4.07. The summed E-state index contributed by atoms with van der Waals surface area (Å²) in [6.45, 7) is 11.7. The van der Waals surface area contributed by atoms with Gasteiger partial charge in [0.05, 0.1) is 6.61 Å². The molecule has 1 fully saturated rings. The van der Waals surface area contributed by atoms with Crippen LogP contribution >= 0.6 is 0 Å². The van der Waals surface area contributed by atoms with Gasteiger partial charge in [-0.1, -0.05) is 38.0 Å². The first-order valence-corrected chi connectivity index (χ1v) is 9.98. The van der Waals surface area contributed by atoms with Crippen LogP contribution in [0.1, 0.15) is 60.8 Å². The molecule has 154 valence electrons. The van der Waals surface area contributed by atoms with Crippen LogP contribution in [0.25, 0.3) is 0 Å². The molecule has 2 rings (SSSR count). The number of ketones is 1. The molecule has 5 heteroatoms. The third-order valence-electron chi connectivity index (χ3n) is 6.12. The van der Waals surface area contributed by atoms with Gasteiger partial charge in [-0.05, 0) is 50.2 Å². The molecule has 2 aliphatic rings. The van der Waals surface area contributed by atoms with Gasteiger partial charge in [0.25, 0.3) is 0 Å². The van der Waals surface area contributed by atoms with Crippen LogP contribution in [0, 0.1) is 17.3 Å². The molecule has 0 saturated heterocycles. The zero-order valence-corrected chi connectivity index (χ0v) is 17.8. The molecular weight excluding hydrogens is 356 g/mol. The van der Waals surface area contributed by atoms with Crippen LogP contribution < -0.4 is 0 Å². The second-order valence-electron chi connectivity index (χ2n) is 8.55. The highest BCUT2D eigenvalue weighted by molar-refractivity contribution is 6.06. The zero-order valence-electron chi connectivity index (χ0n) is 17.8. The van der Waals surface area contributed by atoms with Crippen molar-refractivity contribution in [2.75, 3.05) is 6.61 Å². The van der Waals surface area contributed by atoms with Gasteiger partial charge in [-0.25, -0.2) is 4.79 Å². The highest BCUT2D eigenvalue weighted by Crippen LogP contribution is 2.52. The van der Waals surface area contributed by atoms with Crippen molar-refractivity contribution in [2.45, 2.75) is 66.9 Å². The van der Waals surface area contributed by atoms with E-state index in [2.05, 4.69) is 13.8 Å². The van der Waals surface area contributed by atoms with Gasteiger partial charge in [-0.2, -0.15) is 0 Å². The molecule has 0 aliphatic heterocycles. The Bertz CT molecular complexity index is 738. The molecule has 4 unspecified atom stereocenters. The second-order valence-corrected chi connectivity index (χ2v) is 8.55. The monoisotopic (exact) mass is 388 g/mol. The minimum absolute atomic E-state index is 0.0585. The van der Waals surface area contributed by atoms with Gasteiger partial charge in [0.15, 0.2) is 5.78 Å². The standard InChI is InChI=1S/C23H32O5/c1-14(2)19-12-23(6)16(4)21(9-8-18(23)11-20(19)25)28-22(26)10-7-15(3)13-27-17(5)24/h7,10-11,15-16,21H,8-9,12-13H2,1-6H3. The lowest BCUT2D eigenvalue weighted by Crippen LogP contribution is -2.44. The Morgan fingerprint density at radius 1 is 1.32 bits per heavy atom. The fraction of sp³-hybridized carbons (Fsp3) is 0.609. The Hall–Kier alpha value is -2.17. The first-order chi connectivity index (χ1) is 13.0. The predicted octanol–water partition coefficient (Wildman–Crippen LogP) is 4.33. The van der Waals surface area contributed by atoms with Crippen molar-refractivity contribution in [1.82, 2.24) is 0 Å². The predicted molar refractivity (Wildman–Crippen MR) is 107 cm³/mol. The van der Waals surface area contributed by atoms with Gasteiger partial charge in [-0.15, -0.1) is 0 Å². The number of carbonyl (C=O) groups is 3. The SMILES string of the molecule is CC(=O)OCC(C)C=CC(=O)OC1CCC2=CC(=O)C(=C(C)C)CC2(C)C1C. The van der Waals surface area contributed by atoms with Gasteiger partial charge in [-0.3, -0.25) is 9.59 Å². The maximum atomic E-state index is 12.4. The molecule has 0 aromatic heterocycles. The van der Waals surface area contributed by atoms with Crippen LogP contribution in [0.5, 0.6) is 0 Å². The lowest BCUT2D eigenvalue weighted by atomic mass is 9.58. The largest absolute Gasteiger partial charge is 0.465 e. The number of carbonyl (C=O) groups excluding carboxylic acids is 3. The summed E-state index contributed by atoms with van der Waals surface area (Å²) in [5.74, 6) is -0.531. The minimum Gasteiger partial charge on any atom is -0.465 e. The summed E-state index contributed by atoms with van der Waals surface area (Å²) in [7, 11) is 0. The van der Waals surface area contributed by atoms with Crippen molar-refractivity contribution in [2.24, 2.45) is 17.3 Å². The van der Waals surface area contributed by atoms with E-state index in [9.17, 15) is 14.4 Å². The molecule has 0 radical (unpaired) electrons. The highest BCUT2D eigenvalue weighted by Gasteiger charge is 2.47. The van der Waals surface area contributed by atoms with Crippen LogP contribution in [0.15, 0.2) is 34.9 Å². The summed E-state index contributed by atoms with van der Waals surface area (Å²) in [4.78, 5) is 35.5. The van der Waals surface area contributed by atoms with E-state index < -0.39 is 0 Å². The Morgan fingerprint density at radius 3 is 2.61 bits per heavy atom. The lowest BCUT2D eigenvalue weighted by Gasteiger charge is -2.48. The van der Waals surface area contributed by atoms with Crippen molar-refractivity contribution in [3.8, 4) is 0 Å². The molecular formula is C23H32O5. The Kier molecular flexibility index (Phi) is 7.02. The van der Waals surface area contributed by atoms with E-state index in [1.807, 2.05) is 20.8 Å². The summed E-state index contributed by atoms with van der Waals surface area (Å²) in [6.07, 6.45) is 6.93. The molecule has 1 saturated carbocycles. The van der Waals surface area contributed by atoms with Crippen LogP contribution in [0.3, 0.4) is 0 Å². The van der Waals surface area contributed by atoms with Gasteiger partial charge < -0.3 is 9.47 Å². The minimum atomic E-state index is -0.378. The van der Waals surface area contributed by atoms with E-state index in [0.717, 1.165) is 24.0 Å². The van der Waals surface area contributed by atoms with Crippen molar-refractivity contribution in [3.05, 3.63) is 34.9 Å². The highest BCUT2D eigenvalue weighted by atomic mass is 16.5. The maximum absolute atomic E-state index is 12.4.